The van der Waals surface area contributed by atoms with Crippen molar-refractivity contribution >= 4 is 23.1 Å². The van der Waals surface area contributed by atoms with Gasteiger partial charge in [0.25, 0.3) is 5.91 Å². The fourth-order valence-electron chi connectivity index (χ4n) is 5.46. The van der Waals surface area contributed by atoms with Crippen LogP contribution < -0.4 is 26.0 Å². The van der Waals surface area contributed by atoms with Crippen molar-refractivity contribution in [2.24, 2.45) is 0 Å². The highest BCUT2D eigenvalue weighted by Gasteiger charge is 2.36. The first-order valence-electron chi connectivity index (χ1n) is 13.8. The van der Waals surface area contributed by atoms with Crippen molar-refractivity contribution < 1.29 is 22.4 Å². The molecule has 0 spiro atoms. The zero-order chi connectivity index (χ0) is 30.2. The number of likely N-dealkylation sites (N-methyl/N-ethyl adjacent to an activating group) is 1. The first-order chi connectivity index (χ1) is 19.9. The van der Waals surface area contributed by atoms with E-state index in [0.717, 1.165) is 38.2 Å². The number of amides is 1. The van der Waals surface area contributed by atoms with Crippen LogP contribution in [0.4, 0.5) is 34.8 Å². The molecule has 2 saturated heterocycles. The lowest BCUT2D eigenvalue weighted by atomic mass is 10.0. The molecular weight excluding hydrogens is 554 g/mol. The lowest BCUT2D eigenvalue weighted by molar-refractivity contribution is -0.138. The minimum Gasteiger partial charge on any atom is -0.367 e. The third-order valence-corrected chi connectivity index (χ3v) is 8.01. The summed E-state index contributed by atoms with van der Waals surface area (Å²) in [4.78, 5) is 37.8. The average molecular weight is 588 g/mol. The van der Waals surface area contributed by atoms with Crippen molar-refractivity contribution in [2.75, 3.05) is 61.4 Å². The molecular formula is C29H33F4N7O2. The summed E-state index contributed by atoms with van der Waals surface area (Å²) < 4.78 is 56.9. The molecule has 1 aromatic carbocycles. The van der Waals surface area contributed by atoms with Gasteiger partial charge in [0.15, 0.2) is 0 Å². The Morgan fingerprint density at radius 3 is 2.36 bits per heavy atom. The summed E-state index contributed by atoms with van der Waals surface area (Å²) in [5, 5.41) is 5.86. The Bertz CT molecular complexity index is 1490. The Hall–Kier alpha value is -3.97. The Morgan fingerprint density at radius 1 is 1.05 bits per heavy atom. The number of nitrogens with one attached hydrogen (secondary N) is 3. The van der Waals surface area contributed by atoms with Gasteiger partial charge in [-0.25, -0.2) is 9.37 Å². The predicted molar refractivity (Wildman–Crippen MR) is 154 cm³/mol. The van der Waals surface area contributed by atoms with Crippen LogP contribution >= 0.6 is 0 Å². The van der Waals surface area contributed by atoms with Crippen molar-refractivity contribution in [2.45, 2.75) is 32.1 Å². The number of hydrogen-bond donors (Lipinski definition) is 3. The Balaban J connectivity index is 1.54. The standard InChI is InChI=1S/C29H33F4N7O2/c1-17-15-40(16-18(2)38(17)3)25-12-23(30)20(19-4-5-26(35-13-19)39-8-6-34-7-9-39)10-24(25)37-28(42)21-14-36-27(41)11-22(21)29(31,32)33/h4-5,10-14,17-18,34H,6-9,15-16H2,1-3H3,(H,36,41)(H,37,42). The predicted octanol–water partition coefficient (Wildman–Crippen LogP) is 3.79. The summed E-state index contributed by atoms with van der Waals surface area (Å²) >= 11 is 0. The van der Waals surface area contributed by atoms with Gasteiger partial charge in [-0.15, -0.1) is 0 Å². The SMILES string of the molecule is CC1CN(c2cc(F)c(-c3ccc(N4CCNCC4)nc3)cc2NC(=O)c2c[nH]c(=O)cc2C(F)(F)F)CC(C)N1C. The molecule has 4 heterocycles. The summed E-state index contributed by atoms with van der Waals surface area (Å²) in [5.41, 5.74) is -2.01. The number of aromatic nitrogens is 2. The normalized spacial score (nSPS) is 20.1. The van der Waals surface area contributed by atoms with Crippen molar-refractivity contribution in [3.8, 4) is 11.1 Å². The quantitative estimate of drug-likeness (QED) is 0.391. The van der Waals surface area contributed by atoms with Crippen molar-refractivity contribution in [3.63, 3.8) is 0 Å². The Morgan fingerprint density at radius 2 is 1.74 bits per heavy atom. The topological polar surface area (TPSA) is 96.6 Å². The van der Waals surface area contributed by atoms with Gasteiger partial charge >= 0.3 is 6.18 Å². The van der Waals surface area contributed by atoms with Gasteiger partial charge in [0.05, 0.1) is 22.5 Å². The van der Waals surface area contributed by atoms with E-state index in [2.05, 4.69) is 30.4 Å². The van der Waals surface area contributed by atoms with Gasteiger partial charge in [0.1, 0.15) is 11.6 Å². The Kier molecular flexibility index (Phi) is 8.24. The van der Waals surface area contributed by atoms with Gasteiger partial charge < -0.3 is 25.4 Å². The second kappa shape index (κ2) is 11.7. The van der Waals surface area contributed by atoms with E-state index in [4.69, 9.17) is 0 Å². The van der Waals surface area contributed by atoms with Crippen LogP contribution in [0.2, 0.25) is 0 Å². The van der Waals surface area contributed by atoms with Crippen molar-refractivity contribution in [3.05, 3.63) is 70.0 Å². The van der Waals surface area contributed by atoms with Crippen LogP contribution in [0.3, 0.4) is 0 Å². The maximum absolute atomic E-state index is 15.7. The van der Waals surface area contributed by atoms with Crippen molar-refractivity contribution in [1.29, 1.82) is 0 Å². The molecule has 3 N–H and O–H groups in total. The number of halogens is 4. The van der Waals surface area contributed by atoms with Gasteiger partial charge in [-0.05, 0) is 45.2 Å². The zero-order valence-electron chi connectivity index (χ0n) is 23.6. The number of alkyl halides is 3. The molecule has 2 aliphatic rings. The fourth-order valence-corrected chi connectivity index (χ4v) is 5.46. The molecule has 2 unspecified atom stereocenters. The van der Waals surface area contributed by atoms with Crippen LogP contribution in [0, 0.1) is 5.82 Å². The third kappa shape index (κ3) is 6.12. The maximum Gasteiger partial charge on any atom is 0.417 e. The molecule has 5 rings (SSSR count). The van der Waals surface area contributed by atoms with Crippen LogP contribution in [0.1, 0.15) is 29.8 Å². The van der Waals surface area contributed by atoms with E-state index in [9.17, 15) is 22.8 Å². The maximum atomic E-state index is 15.7. The lowest BCUT2D eigenvalue weighted by Crippen LogP contribution is -2.55. The van der Waals surface area contributed by atoms with E-state index >= 15 is 4.39 Å². The number of hydrogen-bond acceptors (Lipinski definition) is 7. The molecule has 0 aliphatic carbocycles. The van der Waals surface area contributed by atoms with Crippen LogP contribution in [0.15, 0.2) is 47.5 Å². The number of piperazine rings is 2. The molecule has 224 valence electrons. The molecule has 2 aliphatic heterocycles. The summed E-state index contributed by atoms with van der Waals surface area (Å²) in [5.74, 6) is -0.886. The summed E-state index contributed by atoms with van der Waals surface area (Å²) in [6, 6.07) is 6.80. The number of carbonyl (C=O) groups excluding carboxylic acids is 1. The molecule has 2 fully saturated rings. The van der Waals surface area contributed by atoms with Crippen LogP contribution in [-0.4, -0.2) is 79.2 Å². The van der Waals surface area contributed by atoms with Crippen LogP contribution in [-0.2, 0) is 6.18 Å². The minimum atomic E-state index is -4.93. The van der Waals surface area contributed by atoms with Gasteiger partial charge in [0, 0.05) is 80.9 Å². The molecule has 2 aromatic heterocycles. The van der Waals surface area contributed by atoms with E-state index < -0.39 is 34.6 Å². The van der Waals surface area contributed by atoms with E-state index in [1.165, 1.54) is 12.1 Å². The van der Waals surface area contributed by atoms with E-state index in [1.54, 1.807) is 18.3 Å². The highest BCUT2D eigenvalue weighted by atomic mass is 19.4. The Labute approximate surface area is 240 Å². The number of rotatable bonds is 5. The number of carbonyl (C=O) groups is 1. The molecule has 1 amide bonds. The zero-order valence-corrected chi connectivity index (χ0v) is 23.6. The number of nitrogens with zero attached hydrogens (tertiary/aromatic N) is 4. The number of H-pyrrole nitrogens is 1. The van der Waals surface area contributed by atoms with Crippen molar-refractivity contribution in [1.82, 2.24) is 20.2 Å². The highest BCUT2D eigenvalue weighted by Crippen LogP contribution is 2.37. The van der Waals surface area contributed by atoms with Gasteiger partial charge in [-0.1, -0.05) is 0 Å². The highest BCUT2D eigenvalue weighted by molar-refractivity contribution is 6.07. The molecule has 3 aromatic rings. The summed E-state index contributed by atoms with van der Waals surface area (Å²) in [7, 11) is 1.99. The number of aromatic amines is 1. The average Bonchev–Trinajstić information content (AvgIpc) is 2.96. The largest absolute Gasteiger partial charge is 0.417 e. The molecule has 0 bridgehead atoms. The third-order valence-electron chi connectivity index (χ3n) is 8.01. The second-order valence-electron chi connectivity index (χ2n) is 10.8. The molecule has 0 radical (unpaired) electrons. The molecule has 2 atom stereocenters. The smallest absolute Gasteiger partial charge is 0.367 e. The molecule has 0 saturated carbocycles. The van der Waals surface area contributed by atoms with E-state index in [0.29, 0.717) is 30.4 Å². The molecule has 9 nitrogen and oxygen atoms in total. The number of benzene rings is 1. The van der Waals surface area contributed by atoms with Gasteiger partial charge in [-0.2, -0.15) is 13.2 Å². The molecule has 42 heavy (non-hydrogen) atoms. The van der Waals surface area contributed by atoms with E-state index in [-0.39, 0.29) is 23.3 Å². The summed E-state index contributed by atoms with van der Waals surface area (Å²) in [6.45, 7) is 8.30. The number of anilines is 3. The minimum absolute atomic E-state index is 0.0952. The van der Waals surface area contributed by atoms with Crippen LogP contribution in [0.25, 0.3) is 11.1 Å². The van der Waals surface area contributed by atoms with Crippen LogP contribution in [0.5, 0.6) is 0 Å². The number of pyridine rings is 2. The first-order valence-corrected chi connectivity index (χ1v) is 13.8. The van der Waals surface area contributed by atoms with Gasteiger partial charge in [0.2, 0.25) is 5.56 Å². The monoisotopic (exact) mass is 587 g/mol. The second-order valence-corrected chi connectivity index (χ2v) is 10.8. The lowest BCUT2D eigenvalue weighted by Gasteiger charge is -2.44. The summed E-state index contributed by atoms with van der Waals surface area (Å²) in [6.07, 6.45) is -2.65. The van der Waals surface area contributed by atoms with E-state index in [1.807, 2.05) is 25.8 Å². The molecule has 13 heteroatoms. The fraction of sp³-hybridized carbons (Fsp3) is 0.414. The first kappa shape index (κ1) is 29.5. The van der Waals surface area contributed by atoms with Gasteiger partial charge in [-0.3, -0.25) is 14.5 Å².